The predicted octanol–water partition coefficient (Wildman–Crippen LogP) is 0.975. The highest BCUT2D eigenvalue weighted by Crippen LogP contribution is 2.18. The highest BCUT2D eigenvalue weighted by atomic mass is 16.5. The van der Waals surface area contributed by atoms with Crippen molar-refractivity contribution < 1.29 is 4.74 Å². The summed E-state index contributed by atoms with van der Waals surface area (Å²) < 4.78 is 5.44. The van der Waals surface area contributed by atoms with Crippen LogP contribution in [0.1, 0.15) is 34.6 Å². The Bertz CT molecular complexity index is 158. The van der Waals surface area contributed by atoms with E-state index in [1.807, 2.05) is 6.92 Å². The first-order valence-electron chi connectivity index (χ1n) is 5.83. The van der Waals surface area contributed by atoms with Gasteiger partial charge in [0.1, 0.15) is 0 Å². The third-order valence-corrected chi connectivity index (χ3v) is 3.12. The molecule has 0 spiro atoms. The second-order valence-corrected chi connectivity index (χ2v) is 4.20. The highest BCUT2D eigenvalue weighted by molar-refractivity contribution is 4.91. The highest BCUT2D eigenvalue weighted by Gasteiger charge is 2.33. The zero-order valence-electron chi connectivity index (χ0n) is 10.8. The van der Waals surface area contributed by atoms with E-state index < -0.39 is 0 Å². The maximum atomic E-state index is 5.59. The molecule has 0 rings (SSSR count). The van der Waals surface area contributed by atoms with Crippen molar-refractivity contribution in [2.24, 2.45) is 5.84 Å². The molecule has 4 heteroatoms. The molecule has 4 nitrogen and oxygen atoms in total. The number of nitrogens with zero attached hydrogens (tertiary/aromatic N) is 1. The molecule has 3 N–H and O–H groups in total. The Labute approximate surface area is 94.1 Å². The molecule has 0 aliphatic rings. The summed E-state index contributed by atoms with van der Waals surface area (Å²) in [6.45, 7) is 14.1. The monoisotopic (exact) mass is 217 g/mol. The van der Waals surface area contributed by atoms with Crippen molar-refractivity contribution in [1.29, 1.82) is 0 Å². The van der Waals surface area contributed by atoms with E-state index in [0.717, 1.165) is 19.7 Å². The first kappa shape index (κ1) is 14.8. The largest absolute Gasteiger partial charge is 0.380 e. The zero-order valence-corrected chi connectivity index (χ0v) is 10.8. The summed E-state index contributed by atoms with van der Waals surface area (Å²) >= 11 is 0. The van der Waals surface area contributed by atoms with Crippen LogP contribution >= 0.6 is 0 Å². The van der Waals surface area contributed by atoms with Gasteiger partial charge in [-0.1, -0.05) is 13.8 Å². The minimum Gasteiger partial charge on any atom is -0.380 e. The molecule has 92 valence electrons. The van der Waals surface area contributed by atoms with Crippen molar-refractivity contribution in [2.45, 2.75) is 46.2 Å². The quantitative estimate of drug-likeness (QED) is 0.470. The average molecular weight is 217 g/mol. The van der Waals surface area contributed by atoms with Crippen LogP contribution in [0.3, 0.4) is 0 Å². The van der Waals surface area contributed by atoms with E-state index in [1.165, 1.54) is 0 Å². The molecule has 0 aromatic heterocycles. The summed E-state index contributed by atoms with van der Waals surface area (Å²) in [7, 11) is 0. The van der Waals surface area contributed by atoms with Crippen LogP contribution in [0.5, 0.6) is 0 Å². The predicted molar refractivity (Wildman–Crippen MR) is 64.6 cm³/mol. The fourth-order valence-corrected chi connectivity index (χ4v) is 1.95. The number of rotatable bonds is 8. The number of likely N-dealkylation sites (N-methyl/N-ethyl adjacent to an activating group) is 1. The fraction of sp³-hybridized carbons (Fsp3) is 1.00. The second-order valence-electron chi connectivity index (χ2n) is 4.20. The van der Waals surface area contributed by atoms with Crippen LogP contribution < -0.4 is 11.3 Å². The molecule has 0 saturated carbocycles. The van der Waals surface area contributed by atoms with Crippen LogP contribution in [-0.4, -0.2) is 42.8 Å². The van der Waals surface area contributed by atoms with Crippen LogP contribution in [0.4, 0.5) is 0 Å². The molecule has 0 fully saturated rings. The van der Waals surface area contributed by atoms with Crippen LogP contribution in [-0.2, 0) is 4.74 Å². The van der Waals surface area contributed by atoms with Gasteiger partial charge in [0.2, 0.25) is 0 Å². The van der Waals surface area contributed by atoms with Gasteiger partial charge in [0.25, 0.3) is 0 Å². The lowest BCUT2D eigenvalue weighted by molar-refractivity contribution is 0.0337. The Balaban J connectivity index is 4.47. The van der Waals surface area contributed by atoms with Crippen molar-refractivity contribution in [2.75, 3.05) is 26.3 Å². The molecule has 1 unspecified atom stereocenters. The van der Waals surface area contributed by atoms with E-state index in [1.54, 1.807) is 0 Å². The molecule has 0 bridgehead atoms. The van der Waals surface area contributed by atoms with Crippen LogP contribution in [0.25, 0.3) is 0 Å². The smallest absolute Gasteiger partial charge is 0.0650 e. The summed E-state index contributed by atoms with van der Waals surface area (Å²) in [6.07, 6.45) is 0. The summed E-state index contributed by atoms with van der Waals surface area (Å²) in [4.78, 5) is 2.39. The maximum Gasteiger partial charge on any atom is 0.0650 e. The molecule has 0 amide bonds. The summed E-state index contributed by atoms with van der Waals surface area (Å²) in [6, 6.07) is 0.150. The van der Waals surface area contributed by atoms with Gasteiger partial charge in [-0.05, 0) is 33.9 Å². The lowest BCUT2D eigenvalue weighted by Crippen LogP contribution is -2.61. The summed E-state index contributed by atoms with van der Waals surface area (Å²) in [5.41, 5.74) is 2.87. The minimum absolute atomic E-state index is 0.00736. The molecule has 0 aromatic carbocycles. The van der Waals surface area contributed by atoms with E-state index in [9.17, 15) is 0 Å². The number of nitrogens with two attached hydrogens (primary N) is 1. The van der Waals surface area contributed by atoms with Crippen LogP contribution in [0.2, 0.25) is 0 Å². The van der Waals surface area contributed by atoms with Crippen molar-refractivity contribution in [3.8, 4) is 0 Å². The molecule has 1 atom stereocenters. The molecule has 0 heterocycles. The van der Waals surface area contributed by atoms with E-state index in [2.05, 4.69) is 38.0 Å². The van der Waals surface area contributed by atoms with Gasteiger partial charge in [0, 0.05) is 12.1 Å². The van der Waals surface area contributed by atoms with Gasteiger partial charge in [-0.25, -0.2) is 0 Å². The lowest BCUT2D eigenvalue weighted by atomic mass is 9.93. The number of hydrogen-bond donors (Lipinski definition) is 2. The minimum atomic E-state index is 0.00736. The molecular formula is C11H27N3O. The maximum absolute atomic E-state index is 5.59. The Morgan fingerprint density at radius 2 is 1.80 bits per heavy atom. The van der Waals surface area contributed by atoms with Gasteiger partial charge < -0.3 is 4.74 Å². The van der Waals surface area contributed by atoms with Crippen molar-refractivity contribution in [3.63, 3.8) is 0 Å². The summed E-state index contributed by atoms with van der Waals surface area (Å²) in [5.74, 6) is 5.59. The van der Waals surface area contributed by atoms with Gasteiger partial charge in [0.15, 0.2) is 0 Å². The molecule has 15 heavy (non-hydrogen) atoms. The van der Waals surface area contributed by atoms with Crippen LogP contribution in [0, 0.1) is 0 Å². The first-order valence-corrected chi connectivity index (χ1v) is 5.83. The summed E-state index contributed by atoms with van der Waals surface area (Å²) in [5, 5.41) is 0. The zero-order chi connectivity index (χ0) is 11.9. The van der Waals surface area contributed by atoms with Gasteiger partial charge in [-0.15, -0.1) is 0 Å². The Morgan fingerprint density at radius 1 is 1.27 bits per heavy atom. The number of nitrogens with one attached hydrogen (secondary N) is 1. The molecule has 0 aliphatic carbocycles. The van der Waals surface area contributed by atoms with Gasteiger partial charge in [-0.2, -0.15) is 0 Å². The SMILES string of the molecule is CCOCC(NN)C(C)(C)N(CC)CC. The van der Waals surface area contributed by atoms with E-state index in [4.69, 9.17) is 10.6 Å². The van der Waals surface area contributed by atoms with Gasteiger partial charge >= 0.3 is 0 Å². The Kier molecular flexibility index (Phi) is 7.09. The van der Waals surface area contributed by atoms with Gasteiger partial charge in [0.05, 0.1) is 12.6 Å². The van der Waals surface area contributed by atoms with E-state index in [0.29, 0.717) is 6.61 Å². The lowest BCUT2D eigenvalue weighted by Gasteiger charge is -2.42. The molecule has 0 aromatic rings. The van der Waals surface area contributed by atoms with Crippen molar-refractivity contribution >= 4 is 0 Å². The fourth-order valence-electron chi connectivity index (χ4n) is 1.95. The van der Waals surface area contributed by atoms with Gasteiger partial charge in [-0.3, -0.25) is 16.2 Å². The number of hydrazine groups is 1. The van der Waals surface area contributed by atoms with Crippen LogP contribution in [0.15, 0.2) is 0 Å². The molecule has 0 aliphatic heterocycles. The van der Waals surface area contributed by atoms with E-state index in [-0.39, 0.29) is 11.6 Å². The Morgan fingerprint density at radius 3 is 2.13 bits per heavy atom. The second kappa shape index (κ2) is 7.17. The Hall–Kier alpha value is -0.160. The first-order chi connectivity index (χ1) is 7.04. The third-order valence-electron chi connectivity index (χ3n) is 3.12. The third kappa shape index (κ3) is 4.07. The average Bonchev–Trinajstić information content (AvgIpc) is 2.20. The normalized spacial score (nSPS) is 14.6. The molecule has 0 saturated heterocycles. The molecular weight excluding hydrogens is 190 g/mol. The number of ether oxygens (including phenoxy) is 1. The number of hydrogen-bond acceptors (Lipinski definition) is 4. The van der Waals surface area contributed by atoms with E-state index >= 15 is 0 Å². The van der Waals surface area contributed by atoms with Crippen molar-refractivity contribution in [3.05, 3.63) is 0 Å². The molecule has 0 radical (unpaired) electrons. The van der Waals surface area contributed by atoms with Crippen molar-refractivity contribution in [1.82, 2.24) is 10.3 Å². The topological polar surface area (TPSA) is 50.5 Å². The standard InChI is InChI=1S/C11H27N3O/c1-6-14(7-2)11(4,5)10(13-12)9-15-8-3/h10,13H,6-9,12H2,1-5H3.